The van der Waals surface area contributed by atoms with Crippen LogP contribution in [-0.2, 0) is 11.2 Å². The first-order valence-corrected chi connectivity index (χ1v) is 5.16. The molecule has 4 heteroatoms. The molecule has 0 atom stereocenters. The van der Waals surface area contributed by atoms with Crippen molar-refractivity contribution in [2.45, 2.75) is 11.3 Å². The van der Waals surface area contributed by atoms with E-state index in [-0.39, 0.29) is 5.41 Å². The average Bonchev–Trinajstić information content (AvgIpc) is 2.17. The molecule has 1 aliphatic rings. The van der Waals surface area contributed by atoms with Crippen molar-refractivity contribution in [3.63, 3.8) is 0 Å². The fourth-order valence-electron chi connectivity index (χ4n) is 1.64. The highest BCUT2D eigenvalue weighted by Crippen LogP contribution is 2.32. The van der Waals surface area contributed by atoms with Gasteiger partial charge in [0.1, 0.15) is 5.41 Å². The maximum Gasteiger partial charge on any atom is 0.108 e. The second-order valence-electron chi connectivity index (χ2n) is 3.95. The van der Waals surface area contributed by atoms with E-state index in [0.29, 0.717) is 25.3 Å². The molecule has 1 heterocycles. The zero-order valence-electron chi connectivity index (χ0n) is 8.23. The SMILES string of the molecule is N#CC1(Cc2ccc(N)c(S)c2)COC1. The highest BCUT2D eigenvalue weighted by molar-refractivity contribution is 7.80. The van der Waals surface area contributed by atoms with Crippen molar-refractivity contribution >= 4 is 18.3 Å². The molecule has 2 N–H and O–H groups in total. The number of benzene rings is 1. The van der Waals surface area contributed by atoms with Gasteiger partial charge in [-0.25, -0.2) is 0 Å². The third kappa shape index (κ3) is 1.94. The van der Waals surface area contributed by atoms with E-state index in [0.717, 1.165) is 10.5 Å². The highest BCUT2D eigenvalue weighted by atomic mass is 32.1. The standard InChI is InChI=1S/C11H12N2OS/c12-5-11(6-14-7-11)4-8-1-2-9(13)10(15)3-8/h1-3,15H,4,6-7,13H2. The largest absolute Gasteiger partial charge is 0.398 e. The summed E-state index contributed by atoms with van der Waals surface area (Å²) in [7, 11) is 0. The van der Waals surface area contributed by atoms with Crippen LogP contribution < -0.4 is 5.73 Å². The molecular formula is C11H12N2OS. The number of rotatable bonds is 2. The van der Waals surface area contributed by atoms with Crippen LogP contribution in [0.5, 0.6) is 0 Å². The molecule has 1 aromatic carbocycles. The van der Waals surface area contributed by atoms with Gasteiger partial charge in [0, 0.05) is 10.6 Å². The van der Waals surface area contributed by atoms with E-state index in [1.807, 2.05) is 18.2 Å². The molecule has 78 valence electrons. The second-order valence-corrected chi connectivity index (χ2v) is 4.44. The summed E-state index contributed by atoms with van der Waals surface area (Å²) in [5, 5.41) is 9.05. The van der Waals surface area contributed by atoms with Crippen molar-refractivity contribution in [1.29, 1.82) is 5.26 Å². The lowest BCUT2D eigenvalue weighted by molar-refractivity contribution is -0.0765. The molecule has 0 spiro atoms. The second kappa shape index (κ2) is 3.76. The lowest BCUT2D eigenvalue weighted by Gasteiger charge is -2.35. The van der Waals surface area contributed by atoms with Crippen LogP contribution in [0.25, 0.3) is 0 Å². The fourth-order valence-corrected chi connectivity index (χ4v) is 1.88. The van der Waals surface area contributed by atoms with Crippen molar-refractivity contribution < 1.29 is 4.74 Å². The van der Waals surface area contributed by atoms with Gasteiger partial charge in [-0.3, -0.25) is 0 Å². The number of nitriles is 1. The molecule has 1 fully saturated rings. The van der Waals surface area contributed by atoms with Gasteiger partial charge in [0.25, 0.3) is 0 Å². The number of nitrogen functional groups attached to an aromatic ring is 1. The van der Waals surface area contributed by atoms with Gasteiger partial charge in [0.05, 0.1) is 19.3 Å². The Labute approximate surface area is 94.3 Å². The molecular weight excluding hydrogens is 208 g/mol. The highest BCUT2D eigenvalue weighted by Gasteiger charge is 2.38. The van der Waals surface area contributed by atoms with Crippen LogP contribution in [0, 0.1) is 16.7 Å². The van der Waals surface area contributed by atoms with Gasteiger partial charge in [-0.15, -0.1) is 12.6 Å². The predicted octanol–water partition coefficient (Wildman–Crippen LogP) is 1.64. The van der Waals surface area contributed by atoms with Gasteiger partial charge in [0.2, 0.25) is 0 Å². The van der Waals surface area contributed by atoms with Gasteiger partial charge in [0.15, 0.2) is 0 Å². The van der Waals surface area contributed by atoms with E-state index in [9.17, 15) is 0 Å². The van der Waals surface area contributed by atoms with Crippen LogP contribution >= 0.6 is 12.6 Å². The van der Waals surface area contributed by atoms with Crippen molar-refractivity contribution in [2.24, 2.45) is 5.41 Å². The summed E-state index contributed by atoms with van der Waals surface area (Å²) in [5.74, 6) is 0. The van der Waals surface area contributed by atoms with Crippen LogP contribution in [0.3, 0.4) is 0 Å². The molecule has 0 amide bonds. The van der Waals surface area contributed by atoms with Crippen LogP contribution in [-0.4, -0.2) is 13.2 Å². The molecule has 0 bridgehead atoms. The van der Waals surface area contributed by atoms with E-state index < -0.39 is 0 Å². The first kappa shape index (κ1) is 10.3. The molecule has 15 heavy (non-hydrogen) atoms. The van der Waals surface area contributed by atoms with Crippen LogP contribution in [0.15, 0.2) is 23.1 Å². The molecule has 1 saturated heterocycles. The first-order chi connectivity index (χ1) is 7.15. The molecule has 0 aromatic heterocycles. The molecule has 0 radical (unpaired) electrons. The number of hydrogen-bond donors (Lipinski definition) is 2. The number of anilines is 1. The Morgan fingerprint density at radius 1 is 1.53 bits per heavy atom. The lowest BCUT2D eigenvalue weighted by Crippen LogP contribution is -2.43. The van der Waals surface area contributed by atoms with Crippen molar-refractivity contribution in [3.05, 3.63) is 23.8 Å². The monoisotopic (exact) mass is 220 g/mol. The molecule has 0 saturated carbocycles. The predicted molar refractivity (Wildman–Crippen MR) is 60.7 cm³/mol. The summed E-state index contributed by atoms with van der Waals surface area (Å²) in [6.45, 7) is 1.05. The Kier molecular flexibility index (Phi) is 2.59. The van der Waals surface area contributed by atoms with Crippen molar-refractivity contribution in [1.82, 2.24) is 0 Å². The number of thiol groups is 1. The topological polar surface area (TPSA) is 59.0 Å². The summed E-state index contributed by atoms with van der Waals surface area (Å²) in [6.07, 6.45) is 0.706. The van der Waals surface area contributed by atoms with Crippen LogP contribution in [0.2, 0.25) is 0 Å². The van der Waals surface area contributed by atoms with E-state index in [1.165, 1.54) is 0 Å². The summed E-state index contributed by atoms with van der Waals surface area (Å²) in [4.78, 5) is 0.765. The number of nitrogens with zero attached hydrogens (tertiary/aromatic N) is 1. The van der Waals surface area contributed by atoms with E-state index >= 15 is 0 Å². The number of nitrogens with two attached hydrogens (primary N) is 1. The van der Waals surface area contributed by atoms with Crippen LogP contribution in [0.4, 0.5) is 5.69 Å². The molecule has 1 aromatic rings. The molecule has 1 aliphatic heterocycles. The molecule has 0 aliphatic carbocycles. The Morgan fingerprint density at radius 2 is 2.27 bits per heavy atom. The normalized spacial score (nSPS) is 17.9. The van der Waals surface area contributed by atoms with E-state index in [2.05, 4.69) is 18.7 Å². The summed E-state index contributed by atoms with van der Waals surface area (Å²) >= 11 is 4.25. The zero-order chi connectivity index (χ0) is 10.9. The van der Waals surface area contributed by atoms with Crippen molar-refractivity contribution in [3.8, 4) is 6.07 Å². The molecule has 0 unspecified atom stereocenters. The van der Waals surface area contributed by atoms with Crippen molar-refractivity contribution in [2.75, 3.05) is 18.9 Å². The quantitative estimate of drug-likeness (QED) is 0.588. The Bertz CT molecular complexity index is 421. The lowest BCUT2D eigenvalue weighted by atomic mass is 9.81. The fraction of sp³-hybridized carbons (Fsp3) is 0.364. The van der Waals surface area contributed by atoms with Crippen LogP contribution in [0.1, 0.15) is 5.56 Å². The van der Waals surface area contributed by atoms with Gasteiger partial charge >= 0.3 is 0 Å². The number of ether oxygens (including phenoxy) is 1. The van der Waals surface area contributed by atoms with Gasteiger partial charge < -0.3 is 10.5 Å². The number of hydrogen-bond acceptors (Lipinski definition) is 4. The van der Waals surface area contributed by atoms with E-state index in [1.54, 1.807) is 0 Å². The van der Waals surface area contributed by atoms with Gasteiger partial charge in [-0.1, -0.05) is 6.07 Å². The van der Waals surface area contributed by atoms with Gasteiger partial charge in [-0.2, -0.15) is 5.26 Å². The first-order valence-electron chi connectivity index (χ1n) is 4.72. The van der Waals surface area contributed by atoms with E-state index in [4.69, 9.17) is 15.7 Å². The Hall–Kier alpha value is -1.18. The minimum Gasteiger partial charge on any atom is -0.398 e. The molecule has 3 nitrogen and oxygen atoms in total. The Balaban J connectivity index is 2.18. The van der Waals surface area contributed by atoms with Gasteiger partial charge in [-0.05, 0) is 24.1 Å². The Morgan fingerprint density at radius 3 is 2.73 bits per heavy atom. The average molecular weight is 220 g/mol. The summed E-state index contributed by atoms with van der Waals surface area (Å²) in [5.41, 5.74) is 7.08. The third-order valence-corrected chi connectivity index (χ3v) is 3.02. The molecule has 2 rings (SSSR count). The smallest absolute Gasteiger partial charge is 0.108 e. The summed E-state index contributed by atoms with van der Waals surface area (Å²) < 4.78 is 5.09. The minimum atomic E-state index is -0.337. The third-order valence-electron chi connectivity index (χ3n) is 2.63. The summed E-state index contributed by atoms with van der Waals surface area (Å²) in [6, 6.07) is 7.99. The zero-order valence-corrected chi connectivity index (χ0v) is 9.13. The maximum absolute atomic E-state index is 9.05. The minimum absolute atomic E-state index is 0.337. The maximum atomic E-state index is 9.05.